The van der Waals surface area contributed by atoms with Crippen LogP contribution in [-0.2, 0) is 4.79 Å². The van der Waals surface area contributed by atoms with Crippen LogP contribution in [0.15, 0.2) is 72.6 Å². The molecule has 0 aromatic carbocycles. The predicted molar refractivity (Wildman–Crippen MR) is 108 cm³/mol. The second-order valence-corrected chi connectivity index (χ2v) is 5.90. The Morgan fingerprint density at radius 3 is 1.85 bits per heavy atom. The van der Waals surface area contributed by atoms with Gasteiger partial charge in [-0.05, 0) is 12.5 Å². The summed E-state index contributed by atoms with van der Waals surface area (Å²) in [7, 11) is 0. The molecule has 0 fully saturated rings. The van der Waals surface area contributed by atoms with Crippen LogP contribution in [0.1, 0.15) is 51.9 Å². The van der Waals surface area contributed by atoms with E-state index in [-0.39, 0.29) is 5.76 Å². The van der Waals surface area contributed by atoms with Gasteiger partial charge in [0.05, 0.1) is 0 Å². The number of aliphatic hydroxyl groups is 2. The van der Waals surface area contributed by atoms with E-state index in [1.165, 1.54) is 37.8 Å². The van der Waals surface area contributed by atoms with E-state index in [4.69, 9.17) is 5.11 Å². The average molecular weight is 360 g/mol. The minimum absolute atomic E-state index is 0.00750. The molecule has 0 saturated heterocycles. The molecule has 0 aromatic heterocycles. The van der Waals surface area contributed by atoms with Crippen molar-refractivity contribution >= 4 is 5.97 Å². The lowest BCUT2D eigenvalue weighted by Crippen LogP contribution is -2.09. The minimum Gasteiger partial charge on any atom is -0.510 e. The second kappa shape index (κ2) is 17.5. The Hall–Kier alpha value is -2.33. The molecule has 3 N–H and O–H groups in total. The van der Waals surface area contributed by atoms with Crippen LogP contribution in [0.25, 0.3) is 0 Å². The van der Waals surface area contributed by atoms with Gasteiger partial charge in [-0.2, -0.15) is 0 Å². The second-order valence-electron chi connectivity index (χ2n) is 5.90. The van der Waals surface area contributed by atoms with E-state index in [1.807, 2.05) is 0 Å². The Morgan fingerprint density at radius 2 is 1.27 bits per heavy atom. The van der Waals surface area contributed by atoms with Gasteiger partial charge in [-0.3, -0.25) is 0 Å². The molecule has 0 bridgehead atoms. The number of hydrogen-bond donors (Lipinski definition) is 3. The zero-order chi connectivity index (χ0) is 19.5. The van der Waals surface area contributed by atoms with E-state index in [0.717, 1.165) is 18.9 Å². The van der Waals surface area contributed by atoms with Crippen molar-refractivity contribution in [2.24, 2.45) is 0 Å². The van der Waals surface area contributed by atoms with Crippen LogP contribution in [0.5, 0.6) is 0 Å². The number of rotatable bonds is 14. The van der Waals surface area contributed by atoms with Crippen LogP contribution in [0, 0.1) is 0 Å². The molecular formula is C22H32O4. The Bertz CT molecular complexity index is 536. The van der Waals surface area contributed by atoms with E-state index < -0.39 is 12.1 Å². The maximum absolute atomic E-state index is 10.2. The number of hydrogen-bond acceptors (Lipinski definition) is 3. The van der Waals surface area contributed by atoms with Crippen molar-refractivity contribution in [3.8, 4) is 0 Å². The molecule has 1 unspecified atom stereocenters. The van der Waals surface area contributed by atoms with Crippen LogP contribution in [0.4, 0.5) is 0 Å². The quantitative estimate of drug-likeness (QED) is 0.168. The summed E-state index contributed by atoms with van der Waals surface area (Å²) in [5.41, 5.74) is 0. The molecule has 0 spiro atoms. The highest BCUT2D eigenvalue weighted by molar-refractivity contribution is 5.80. The van der Waals surface area contributed by atoms with E-state index in [9.17, 15) is 15.0 Å². The molecule has 0 aliphatic heterocycles. The Labute approximate surface area is 157 Å². The highest BCUT2D eigenvalue weighted by Gasteiger charge is 2.07. The minimum atomic E-state index is -0.975. The first-order valence-corrected chi connectivity index (χ1v) is 9.22. The first-order valence-electron chi connectivity index (χ1n) is 9.22. The highest BCUT2D eigenvalue weighted by Crippen LogP contribution is 2.12. The van der Waals surface area contributed by atoms with E-state index in [2.05, 4.69) is 6.92 Å². The van der Waals surface area contributed by atoms with E-state index in [0.29, 0.717) is 6.42 Å². The number of carboxylic acids is 1. The zero-order valence-corrected chi connectivity index (χ0v) is 15.6. The molecule has 0 rings (SSSR count). The van der Waals surface area contributed by atoms with Crippen molar-refractivity contribution in [1.82, 2.24) is 0 Å². The third kappa shape index (κ3) is 16.5. The number of aliphatic hydroxyl groups excluding tert-OH is 2. The smallest absolute Gasteiger partial charge is 0.328 e. The van der Waals surface area contributed by atoms with Crippen molar-refractivity contribution in [1.29, 1.82) is 0 Å². The summed E-state index contributed by atoms with van der Waals surface area (Å²) in [4.78, 5) is 10.2. The normalized spacial score (nSPS) is 14.6. The van der Waals surface area contributed by atoms with Gasteiger partial charge in [0, 0.05) is 6.08 Å². The maximum atomic E-state index is 10.2. The van der Waals surface area contributed by atoms with Gasteiger partial charge in [0.15, 0.2) is 0 Å². The molecule has 0 aliphatic rings. The van der Waals surface area contributed by atoms with Gasteiger partial charge in [0.1, 0.15) is 11.9 Å². The molecule has 0 saturated carbocycles. The average Bonchev–Trinajstić information content (AvgIpc) is 2.61. The molecule has 1 atom stereocenters. The molecule has 0 aromatic rings. The molecule has 0 radical (unpaired) electrons. The van der Waals surface area contributed by atoms with E-state index >= 15 is 0 Å². The SMILES string of the molecule is CCCCCCCCC(O)/C(O)=C/C=C/C=C/C=C/C=C/C=C/C(=O)O. The first-order chi connectivity index (χ1) is 12.6. The summed E-state index contributed by atoms with van der Waals surface area (Å²) in [5, 5.41) is 28.0. The molecule has 0 aliphatic carbocycles. The van der Waals surface area contributed by atoms with Gasteiger partial charge in [-0.15, -0.1) is 0 Å². The summed E-state index contributed by atoms with van der Waals surface area (Å²) in [6.07, 6.45) is 24.7. The Balaban J connectivity index is 3.98. The highest BCUT2D eigenvalue weighted by atomic mass is 16.4. The third-order valence-corrected chi connectivity index (χ3v) is 3.57. The van der Waals surface area contributed by atoms with E-state index in [1.54, 1.807) is 48.6 Å². The lowest BCUT2D eigenvalue weighted by atomic mass is 10.1. The topological polar surface area (TPSA) is 77.8 Å². The van der Waals surface area contributed by atoms with Crippen molar-refractivity contribution in [2.75, 3.05) is 0 Å². The molecule has 4 heteroatoms. The zero-order valence-electron chi connectivity index (χ0n) is 15.6. The van der Waals surface area contributed by atoms with Gasteiger partial charge in [0.25, 0.3) is 0 Å². The fourth-order valence-corrected chi connectivity index (χ4v) is 2.12. The summed E-state index contributed by atoms with van der Waals surface area (Å²) in [5.74, 6) is -0.982. The van der Waals surface area contributed by atoms with Gasteiger partial charge in [-0.1, -0.05) is 100 Å². The summed E-state index contributed by atoms with van der Waals surface area (Å²) < 4.78 is 0. The monoisotopic (exact) mass is 360 g/mol. The van der Waals surface area contributed by atoms with Crippen molar-refractivity contribution in [2.45, 2.75) is 58.0 Å². The van der Waals surface area contributed by atoms with Gasteiger partial charge >= 0.3 is 5.97 Å². The maximum Gasteiger partial charge on any atom is 0.328 e. The standard InChI is InChI=1S/C22H32O4/c1-2-3-4-5-11-14-17-20(23)21(24)18-15-12-9-7-6-8-10-13-16-19-22(25)26/h6-10,12-13,15-16,18-20,23-24H,2-5,11,14,17H2,1H3,(H,25,26)/b8-6+,9-7+,13-10+,15-12+,19-16+,21-18-. The van der Waals surface area contributed by atoms with Crippen molar-refractivity contribution < 1.29 is 20.1 Å². The third-order valence-electron chi connectivity index (χ3n) is 3.57. The van der Waals surface area contributed by atoms with Gasteiger partial charge in [-0.25, -0.2) is 4.79 Å². The van der Waals surface area contributed by atoms with Crippen LogP contribution in [0.2, 0.25) is 0 Å². The number of allylic oxidation sites excluding steroid dienone is 10. The fraction of sp³-hybridized carbons (Fsp3) is 0.409. The lowest BCUT2D eigenvalue weighted by Gasteiger charge is -2.08. The van der Waals surface area contributed by atoms with Crippen LogP contribution < -0.4 is 0 Å². The van der Waals surface area contributed by atoms with Crippen LogP contribution >= 0.6 is 0 Å². The van der Waals surface area contributed by atoms with Crippen molar-refractivity contribution in [3.63, 3.8) is 0 Å². The number of carboxylic acid groups (broad SMARTS) is 1. The predicted octanol–water partition coefficient (Wildman–Crippen LogP) is 5.41. The molecular weight excluding hydrogens is 328 g/mol. The number of unbranched alkanes of at least 4 members (excludes halogenated alkanes) is 5. The number of aliphatic carboxylic acids is 1. The molecule has 0 heterocycles. The molecule has 4 nitrogen and oxygen atoms in total. The summed E-state index contributed by atoms with van der Waals surface area (Å²) in [6, 6.07) is 0. The molecule has 144 valence electrons. The number of carbonyl (C=O) groups is 1. The van der Waals surface area contributed by atoms with Crippen LogP contribution in [-0.4, -0.2) is 27.4 Å². The lowest BCUT2D eigenvalue weighted by molar-refractivity contribution is -0.131. The largest absolute Gasteiger partial charge is 0.510 e. The van der Waals surface area contributed by atoms with Gasteiger partial charge < -0.3 is 15.3 Å². The first kappa shape index (κ1) is 23.7. The fourth-order valence-electron chi connectivity index (χ4n) is 2.12. The summed E-state index contributed by atoms with van der Waals surface area (Å²) >= 11 is 0. The molecule has 26 heavy (non-hydrogen) atoms. The van der Waals surface area contributed by atoms with Gasteiger partial charge in [0.2, 0.25) is 0 Å². The van der Waals surface area contributed by atoms with Crippen molar-refractivity contribution in [3.05, 3.63) is 72.6 Å². The molecule has 0 amide bonds. The Kier molecular flexibility index (Phi) is 15.9. The summed E-state index contributed by atoms with van der Waals surface area (Å²) in [6.45, 7) is 2.19. The Morgan fingerprint density at radius 1 is 0.769 bits per heavy atom. The van der Waals surface area contributed by atoms with Crippen LogP contribution in [0.3, 0.4) is 0 Å².